The zero-order valence-corrected chi connectivity index (χ0v) is 12.4. The van der Waals surface area contributed by atoms with E-state index in [0.717, 1.165) is 11.3 Å². The van der Waals surface area contributed by atoms with Crippen LogP contribution in [-0.2, 0) is 16.0 Å². The molecule has 2 atom stereocenters. The van der Waals surface area contributed by atoms with Gasteiger partial charge >= 0.3 is 5.97 Å². The predicted octanol–water partition coefficient (Wildman–Crippen LogP) is 1.89. The monoisotopic (exact) mass is 290 g/mol. The van der Waals surface area contributed by atoms with Crippen LogP contribution in [0.1, 0.15) is 25.8 Å². The molecule has 3 N–H and O–H groups in total. The molecule has 0 saturated carbocycles. The third-order valence-electron chi connectivity index (χ3n) is 3.72. The number of para-hydroxylation sites is 1. The molecule has 21 heavy (non-hydrogen) atoms. The molecule has 0 fully saturated rings. The number of hydrogen-bond donors (Lipinski definition) is 3. The van der Waals surface area contributed by atoms with Gasteiger partial charge in [-0.15, -0.1) is 0 Å². The van der Waals surface area contributed by atoms with Crippen molar-refractivity contribution in [3.63, 3.8) is 0 Å². The van der Waals surface area contributed by atoms with Gasteiger partial charge in [0, 0.05) is 12.2 Å². The molecule has 0 aliphatic carbocycles. The zero-order valence-electron chi connectivity index (χ0n) is 12.4. The van der Waals surface area contributed by atoms with Gasteiger partial charge in [0.05, 0.1) is 5.92 Å². The maximum absolute atomic E-state index is 12.3. The molecule has 114 valence electrons. The summed E-state index contributed by atoms with van der Waals surface area (Å²) in [6.45, 7) is 4.43. The van der Waals surface area contributed by atoms with Gasteiger partial charge in [-0.1, -0.05) is 32.0 Å². The van der Waals surface area contributed by atoms with Crippen LogP contribution < -0.4 is 10.6 Å². The number of benzene rings is 1. The molecule has 0 bridgehead atoms. The second-order valence-electron chi connectivity index (χ2n) is 5.97. The Kier molecular flexibility index (Phi) is 4.83. The molecule has 1 aliphatic rings. The summed E-state index contributed by atoms with van der Waals surface area (Å²) in [7, 11) is 0. The number of amides is 1. The molecule has 5 heteroatoms. The maximum atomic E-state index is 12.3. The normalized spacial score (nSPS) is 18.5. The Morgan fingerprint density at radius 3 is 2.76 bits per heavy atom. The summed E-state index contributed by atoms with van der Waals surface area (Å²) in [5.74, 6) is -1.17. The van der Waals surface area contributed by atoms with Crippen molar-refractivity contribution in [3.05, 3.63) is 29.8 Å². The van der Waals surface area contributed by atoms with Crippen LogP contribution in [0.15, 0.2) is 24.3 Å². The smallest absolute Gasteiger partial charge is 0.326 e. The number of carboxylic acid groups (broad SMARTS) is 1. The zero-order chi connectivity index (χ0) is 15.4. The number of carbonyl (C=O) groups excluding carboxylic acids is 1. The van der Waals surface area contributed by atoms with Crippen LogP contribution >= 0.6 is 0 Å². The fourth-order valence-electron chi connectivity index (χ4n) is 2.61. The average Bonchev–Trinajstić information content (AvgIpc) is 2.45. The quantitative estimate of drug-likeness (QED) is 0.774. The number of hydrogen-bond acceptors (Lipinski definition) is 3. The molecule has 0 spiro atoms. The Hall–Kier alpha value is -2.04. The Morgan fingerprint density at radius 1 is 1.38 bits per heavy atom. The molecule has 0 aromatic heterocycles. The van der Waals surface area contributed by atoms with Gasteiger partial charge < -0.3 is 15.7 Å². The first-order chi connectivity index (χ1) is 9.97. The summed E-state index contributed by atoms with van der Waals surface area (Å²) >= 11 is 0. The number of nitrogens with one attached hydrogen (secondary N) is 2. The molecule has 0 saturated heterocycles. The molecule has 2 rings (SSSR count). The van der Waals surface area contributed by atoms with E-state index in [1.807, 2.05) is 38.1 Å². The fourth-order valence-corrected chi connectivity index (χ4v) is 2.61. The number of rotatable bonds is 5. The molecular formula is C16H22N2O3. The highest BCUT2D eigenvalue weighted by Gasteiger charge is 2.28. The third-order valence-corrected chi connectivity index (χ3v) is 3.72. The summed E-state index contributed by atoms with van der Waals surface area (Å²) in [5.41, 5.74) is 2.15. The molecular weight excluding hydrogens is 268 g/mol. The number of carbonyl (C=O) groups is 2. The van der Waals surface area contributed by atoms with Gasteiger partial charge in [-0.25, -0.2) is 4.79 Å². The summed E-state index contributed by atoms with van der Waals surface area (Å²) in [6, 6.07) is 7.07. The van der Waals surface area contributed by atoms with E-state index in [0.29, 0.717) is 19.4 Å². The number of anilines is 1. The third kappa shape index (κ3) is 3.97. The van der Waals surface area contributed by atoms with Gasteiger partial charge in [-0.05, 0) is 30.4 Å². The lowest BCUT2D eigenvalue weighted by Crippen LogP contribution is -2.47. The average molecular weight is 290 g/mol. The SMILES string of the molecule is CC(C)C[C@H](NC(=O)C1CNc2ccccc2C1)C(=O)O. The summed E-state index contributed by atoms with van der Waals surface area (Å²) in [6.07, 6.45) is 1.08. The van der Waals surface area contributed by atoms with Crippen LogP contribution in [0.4, 0.5) is 5.69 Å². The van der Waals surface area contributed by atoms with Crippen molar-refractivity contribution in [2.24, 2.45) is 11.8 Å². The summed E-state index contributed by atoms with van der Waals surface area (Å²) in [4.78, 5) is 23.5. The second kappa shape index (κ2) is 6.61. The maximum Gasteiger partial charge on any atom is 0.326 e. The summed E-state index contributed by atoms with van der Waals surface area (Å²) < 4.78 is 0. The van der Waals surface area contributed by atoms with E-state index in [-0.39, 0.29) is 17.7 Å². The minimum absolute atomic E-state index is 0.190. The second-order valence-corrected chi connectivity index (χ2v) is 5.97. The van der Waals surface area contributed by atoms with Gasteiger partial charge in [0.2, 0.25) is 5.91 Å². The van der Waals surface area contributed by atoms with E-state index < -0.39 is 12.0 Å². The first-order valence-corrected chi connectivity index (χ1v) is 7.32. The number of aliphatic carboxylic acids is 1. The van der Waals surface area contributed by atoms with Gasteiger partial charge in [-0.3, -0.25) is 4.79 Å². The molecule has 1 amide bonds. The van der Waals surface area contributed by atoms with Gasteiger partial charge in [0.25, 0.3) is 0 Å². The van der Waals surface area contributed by atoms with Gasteiger partial charge in [0.1, 0.15) is 6.04 Å². The Labute approximate surface area is 124 Å². The fraction of sp³-hybridized carbons (Fsp3) is 0.500. The first-order valence-electron chi connectivity index (χ1n) is 7.32. The van der Waals surface area contributed by atoms with Crippen molar-refractivity contribution >= 4 is 17.6 Å². The Bertz CT molecular complexity index is 528. The van der Waals surface area contributed by atoms with Crippen molar-refractivity contribution in [1.29, 1.82) is 0 Å². The lowest BCUT2D eigenvalue weighted by Gasteiger charge is -2.27. The van der Waals surface area contributed by atoms with Crippen molar-refractivity contribution in [3.8, 4) is 0 Å². The van der Waals surface area contributed by atoms with Crippen LogP contribution in [0.3, 0.4) is 0 Å². The summed E-state index contributed by atoms with van der Waals surface area (Å²) in [5, 5.41) is 15.1. The minimum atomic E-state index is -0.971. The van der Waals surface area contributed by atoms with Crippen LogP contribution in [0.25, 0.3) is 0 Å². The Balaban J connectivity index is 1.99. The molecule has 1 aromatic carbocycles. The molecule has 1 aromatic rings. The van der Waals surface area contributed by atoms with E-state index in [1.165, 1.54) is 0 Å². The van der Waals surface area contributed by atoms with E-state index in [1.54, 1.807) is 0 Å². The van der Waals surface area contributed by atoms with Crippen LogP contribution in [0.2, 0.25) is 0 Å². The first kappa shape index (κ1) is 15.4. The Morgan fingerprint density at radius 2 is 2.10 bits per heavy atom. The van der Waals surface area contributed by atoms with E-state index in [4.69, 9.17) is 0 Å². The van der Waals surface area contributed by atoms with Crippen LogP contribution in [0, 0.1) is 11.8 Å². The van der Waals surface area contributed by atoms with Crippen molar-refractivity contribution in [1.82, 2.24) is 5.32 Å². The van der Waals surface area contributed by atoms with Gasteiger partial charge in [-0.2, -0.15) is 0 Å². The van der Waals surface area contributed by atoms with Gasteiger partial charge in [0.15, 0.2) is 0 Å². The number of carboxylic acids is 1. The highest BCUT2D eigenvalue weighted by Crippen LogP contribution is 2.24. The molecule has 0 radical (unpaired) electrons. The predicted molar refractivity (Wildman–Crippen MR) is 81.1 cm³/mol. The van der Waals surface area contributed by atoms with E-state index in [9.17, 15) is 14.7 Å². The highest BCUT2D eigenvalue weighted by atomic mass is 16.4. The lowest BCUT2D eigenvalue weighted by atomic mass is 9.92. The molecule has 1 unspecified atom stereocenters. The van der Waals surface area contributed by atoms with E-state index >= 15 is 0 Å². The minimum Gasteiger partial charge on any atom is -0.480 e. The van der Waals surface area contributed by atoms with Crippen molar-refractivity contribution in [2.75, 3.05) is 11.9 Å². The lowest BCUT2D eigenvalue weighted by molar-refractivity contribution is -0.142. The molecule has 5 nitrogen and oxygen atoms in total. The van der Waals surface area contributed by atoms with Crippen LogP contribution in [0.5, 0.6) is 0 Å². The largest absolute Gasteiger partial charge is 0.480 e. The highest BCUT2D eigenvalue weighted by molar-refractivity contribution is 5.86. The van der Waals surface area contributed by atoms with Crippen molar-refractivity contribution in [2.45, 2.75) is 32.7 Å². The molecule has 1 aliphatic heterocycles. The standard InChI is InChI=1S/C16H22N2O3/c1-10(2)7-14(16(20)21)18-15(19)12-8-11-5-3-4-6-13(11)17-9-12/h3-6,10,12,14,17H,7-9H2,1-2H3,(H,18,19)(H,20,21)/t12?,14-/m0/s1. The van der Waals surface area contributed by atoms with Crippen molar-refractivity contribution < 1.29 is 14.7 Å². The van der Waals surface area contributed by atoms with Crippen LogP contribution in [-0.4, -0.2) is 29.6 Å². The van der Waals surface area contributed by atoms with E-state index in [2.05, 4.69) is 10.6 Å². The number of fused-ring (bicyclic) bond motifs is 1. The topological polar surface area (TPSA) is 78.4 Å². The molecule has 1 heterocycles.